The van der Waals surface area contributed by atoms with Crippen molar-refractivity contribution in [1.29, 1.82) is 0 Å². The smallest absolute Gasteiger partial charge is 0.0362 e. The van der Waals surface area contributed by atoms with E-state index in [1.165, 1.54) is 30.5 Å². The standard InChI is InChI=1S/C18H30N2/c1-13(2)10-16(11-14(3)4)20-9-8-15-6-5-7-18(19)17(15)12-20/h5-7,13-14,16H,8-12,19H2,1-4H3. The number of hydrogen-bond donors (Lipinski definition) is 1. The van der Waals surface area contributed by atoms with Crippen LogP contribution in [-0.4, -0.2) is 17.5 Å². The predicted octanol–water partition coefficient (Wildman–Crippen LogP) is 4.09. The third-order valence-electron chi connectivity index (χ3n) is 4.34. The van der Waals surface area contributed by atoms with Crippen molar-refractivity contribution in [2.24, 2.45) is 11.8 Å². The van der Waals surface area contributed by atoms with Gasteiger partial charge >= 0.3 is 0 Å². The van der Waals surface area contributed by atoms with E-state index in [1.807, 2.05) is 6.07 Å². The topological polar surface area (TPSA) is 29.3 Å². The van der Waals surface area contributed by atoms with Gasteiger partial charge in [0, 0.05) is 24.8 Å². The van der Waals surface area contributed by atoms with Gasteiger partial charge in [0.1, 0.15) is 0 Å². The Kier molecular flexibility index (Phi) is 5.09. The summed E-state index contributed by atoms with van der Waals surface area (Å²) in [5.41, 5.74) is 9.98. The Bertz CT molecular complexity index is 427. The minimum absolute atomic E-state index is 0.697. The maximum atomic E-state index is 6.18. The largest absolute Gasteiger partial charge is 0.398 e. The molecular formula is C18H30N2. The van der Waals surface area contributed by atoms with E-state index in [0.29, 0.717) is 6.04 Å². The molecule has 2 N–H and O–H groups in total. The molecule has 0 saturated heterocycles. The van der Waals surface area contributed by atoms with E-state index in [1.54, 1.807) is 0 Å². The van der Waals surface area contributed by atoms with Crippen LogP contribution in [0.4, 0.5) is 5.69 Å². The zero-order valence-corrected chi connectivity index (χ0v) is 13.5. The monoisotopic (exact) mass is 274 g/mol. The van der Waals surface area contributed by atoms with Crippen molar-refractivity contribution >= 4 is 5.69 Å². The Morgan fingerprint density at radius 1 is 1.10 bits per heavy atom. The van der Waals surface area contributed by atoms with Gasteiger partial charge in [0.2, 0.25) is 0 Å². The van der Waals surface area contributed by atoms with E-state index >= 15 is 0 Å². The third kappa shape index (κ3) is 3.76. The zero-order valence-electron chi connectivity index (χ0n) is 13.5. The second kappa shape index (κ2) is 6.62. The summed E-state index contributed by atoms with van der Waals surface area (Å²) >= 11 is 0. The molecule has 0 amide bonds. The number of anilines is 1. The fraction of sp³-hybridized carbons (Fsp3) is 0.667. The van der Waals surface area contributed by atoms with Crippen LogP contribution >= 0.6 is 0 Å². The van der Waals surface area contributed by atoms with E-state index in [2.05, 4.69) is 44.7 Å². The van der Waals surface area contributed by atoms with Crippen molar-refractivity contribution in [2.75, 3.05) is 12.3 Å². The molecule has 2 heteroatoms. The van der Waals surface area contributed by atoms with Crippen LogP contribution < -0.4 is 5.73 Å². The lowest BCUT2D eigenvalue weighted by molar-refractivity contribution is 0.137. The molecule has 1 aromatic rings. The molecule has 112 valence electrons. The average Bonchev–Trinajstić information content (AvgIpc) is 2.37. The van der Waals surface area contributed by atoms with Crippen molar-refractivity contribution in [1.82, 2.24) is 4.90 Å². The number of nitrogen functional groups attached to an aromatic ring is 1. The van der Waals surface area contributed by atoms with E-state index in [0.717, 1.165) is 30.5 Å². The number of rotatable bonds is 5. The molecule has 1 aliphatic rings. The van der Waals surface area contributed by atoms with Crippen LogP contribution in [0.3, 0.4) is 0 Å². The number of nitrogens with two attached hydrogens (primary N) is 1. The highest BCUT2D eigenvalue weighted by Gasteiger charge is 2.25. The van der Waals surface area contributed by atoms with Gasteiger partial charge in [0.25, 0.3) is 0 Å². The maximum absolute atomic E-state index is 6.18. The zero-order chi connectivity index (χ0) is 14.7. The Hall–Kier alpha value is -1.02. The molecule has 0 aromatic heterocycles. The first-order valence-corrected chi connectivity index (χ1v) is 8.07. The summed E-state index contributed by atoms with van der Waals surface area (Å²) < 4.78 is 0. The van der Waals surface area contributed by atoms with E-state index in [4.69, 9.17) is 5.73 Å². The molecule has 0 fully saturated rings. The van der Waals surface area contributed by atoms with Crippen LogP contribution in [0.5, 0.6) is 0 Å². The van der Waals surface area contributed by atoms with Crippen LogP contribution in [0.15, 0.2) is 18.2 Å². The molecule has 0 saturated carbocycles. The molecule has 0 radical (unpaired) electrons. The van der Waals surface area contributed by atoms with Gasteiger partial charge in [-0.3, -0.25) is 4.90 Å². The number of nitrogens with zero attached hydrogens (tertiary/aromatic N) is 1. The molecule has 0 aliphatic carbocycles. The molecule has 2 rings (SSSR count). The third-order valence-corrected chi connectivity index (χ3v) is 4.34. The molecule has 0 bridgehead atoms. The predicted molar refractivity (Wildman–Crippen MR) is 87.7 cm³/mol. The number of benzene rings is 1. The normalized spacial score (nSPS) is 16.1. The summed E-state index contributed by atoms with van der Waals surface area (Å²) in [4.78, 5) is 2.67. The average molecular weight is 274 g/mol. The van der Waals surface area contributed by atoms with Crippen LogP contribution in [0, 0.1) is 11.8 Å². The number of hydrogen-bond acceptors (Lipinski definition) is 2. The van der Waals surface area contributed by atoms with Gasteiger partial charge in [-0.15, -0.1) is 0 Å². The summed E-state index contributed by atoms with van der Waals surface area (Å²) in [7, 11) is 0. The van der Waals surface area contributed by atoms with Gasteiger partial charge in [-0.05, 0) is 48.3 Å². The summed E-state index contributed by atoms with van der Waals surface area (Å²) in [5, 5.41) is 0. The molecule has 20 heavy (non-hydrogen) atoms. The molecule has 0 atom stereocenters. The first kappa shape index (κ1) is 15.4. The quantitative estimate of drug-likeness (QED) is 0.820. The minimum Gasteiger partial charge on any atom is -0.398 e. The van der Waals surface area contributed by atoms with Gasteiger partial charge in [0.05, 0.1) is 0 Å². The van der Waals surface area contributed by atoms with Gasteiger partial charge < -0.3 is 5.73 Å². The van der Waals surface area contributed by atoms with Gasteiger partial charge in [0.15, 0.2) is 0 Å². The minimum atomic E-state index is 0.697. The Labute approximate surface area is 124 Å². The van der Waals surface area contributed by atoms with E-state index < -0.39 is 0 Å². The molecule has 1 aromatic carbocycles. The van der Waals surface area contributed by atoms with E-state index in [9.17, 15) is 0 Å². The van der Waals surface area contributed by atoms with Gasteiger partial charge in [-0.1, -0.05) is 39.8 Å². The van der Waals surface area contributed by atoms with E-state index in [-0.39, 0.29) is 0 Å². The Balaban J connectivity index is 2.13. The van der Waals surface area contributed by atoms with Crippen molar-refractivity contribution in [3.63, 3.8) is 0 Å². The molecule has 1 heterocycles. The first-order valence-electron chi connectivity index (χ1n) is 8.07. The Morgan fingerprint density at radius 2 is 1.75 bits per heavy atom. The van der Waals surface area contributed by atoms with Gasteiger partial charge in [-0.2, -0.15) is 0 Å². The number of fused-ring (bicyclic) bond motifs is 1. The summed E-state index contributed by atoms with van der Waals surface area (Å²) in [6.07, 6.45) is 3.73. The van der Waals surface area contributed by atoms with Crippen molar-refractivity contribution in [3.05, 3.63) is 29.3 Å². The van der Waals surface area contributed by atoms with Crippen LogP contribution in [-0.2, 0) is 13.0 Å². The lowest BCUT2D eigenvalue weighted by Gasteiger charge is -2.38. The van der Waals surface area contributed by atoms with Crippen molar-refractivity contribution < 1.29 is 0 Å². The van der Waals surface area contributed by atoms with Crippen LogP contribution in [0.25, 0.3) is 0 Å². The lowest BCUT2D eigenvalue weighted by atomic mass is 9.91. The lowest BCUT2D eigenvalue weighted by Crippen LogP contribution is -2.41. The first-order chi connectivity index (χ1) is 9.47. The van der Waals surface area contributed by atoms with Crippen molar-refractivity contribution in [2.45, 2.75) is 59.5 Å². The molecule has 0 unspecified atom stereocenters. The highest BCUT2D eigenvalue weighted by Crippen LogP contribution is 2.29. The molecule has 1 aliphatic heterocycles. The summed E-state index contributed by atoms with van der Waals surface area (Å²) in [6.45, 7) is 11.5. The fourth-order valence-corrected chi connectivity index (χ4v) is 3.42. The fourth-order valence-electron chi connectivity index (χ4n) is 3.42. The summed E-state index contributed by atoms with van der Waals surface area (Å²) in [5.74, 6) is 1.52. The second-order valence-corrected chi connectivity index (χ2v) is 7.12. The highest BCUT2D eigenvalue weighted by molar-refractivity contribution is 5.51. The van der Waals surface area contributed by atoms with Gasteiger partial charge in [-0.25, -0.2) is 0 Å². The maximum Gasteiger partial charge on any atom is 0.0362 e. The Morgan fingerprint density at radius 3 is 2.35 bits per heavy atom. The molecule has 0 spiro atoms. The van der Waals surface area contributed by atoms with Crippen LogP contribution in [0.1, 0.15) is 51.7 Å². The van der Waals surface area contributed by atoms with Crippen molar-refractivity contribution in [3.8, 4) is 0 Å². The highest BCUT2D eigenvalue weighted by atomic mass is 15.2. The molecule has 2 nitrogen and oxygen atoms in total. The van der Waals surface area contributed by atoms with Crippen LogP contribution in [0.2, 0.25) is 0 Å². The SMILES string of the molecule is CC(C)CC(CC(C)C)N1CCc2cccc(N)c2C1. The second-order valence-electron chi connectivity index (χ2n) is 7.12. The summed E-state index contributed by atoms with van der Waals surface area (Å²) in [6, 6.07) is 7.07. The molecular weight excluding hydrogens is 244 g/mol.